The van der Waals surface area contributed by atoms with Crippen LogP contribution < -0.4 is 10.6 Å². The van der Waals surface area contributed by atoms with Crippen molar-refractivity contribution < 1.29 is 22.7 Å². The van der Waals surface area contributed by atoms with Crippen LogP contribution in [0.25, 0.3) is 0 Å². The third kappa shape index (κ3) is 5.71. The molecule has 0 radical (unpaired) electrons. The summed E-state index contributed by atoms with van der Waals surface area (Å²) in [4.78, 5) is 14.7. The summed E-state index contributed by atoms with van der Waals surface area (Å²) < 4.78 is 44.0. The Morgan fingerprint density at radius 2 is 1.76 bits per heavy atom. The number of halogens is 3. The summed E-state index contributed by atoms with van der Waals surface area (Å²) in [7, 11) is 0. The molecule has 2 aromatic rings. The minimum Gasteiger partial charge on any atom is -0.379 e. The number of morpholine rings is 1. The Kier molecular flexibility index (Phi) is 6.76. The minimum absolute atomic E-state index is 0.0765. The van der Waals surface area contributed by atoms with Gasteiger partial charge in [-0.1, -0.05) is 36.4 Å². The van der Waals surface area contributed by atoms with E-state index in [0.717, 1.165) is 30.8 Å². The molecular weight excluding hydrogens is 383 g/mol. The van der Waals surface area contributed by atoms with Gasteiger partial charge in [-0.3, -0.25) is 4.90 Å². The van der Waals surface area contributed by atoms with E-state index in [9.17, 15) is 18.0 Å². The van der Waals surface area contributed by atoms with Crippen molar-refractivity contribution in [3.8, 4) is 0 Å². The molecule has 1 heterocycles. The van der Waals surface area contributed by atoms with E-state index < -0.39 is 17.8 Å². The molecular formula is C21H24F3N3O2. The molecule has 1 saturated heterocycles. The number of rotatable bonds is 5. The number of ether oxygens (including phenoxy) is 1. The maximum Gasteiger partial charge on any atom is 0.416 e. The molecule has 0 saturated carbocycles. The van der Waals surface area contributed by atoms with Crippen LogP contribution in [0.1, 0.15) is 24.1 Å². The van der Waals surface area contributed by atoms with Crippen LogP contribution in [-0.4, -0.2) is 43.3 Å². The van der Waals surface area contributed by atoms with Gasteiger partial charge in [0.25, 0.3) is 0 Å². The van der Waals surface area contributed by atoms with Crippen molar-refractivity contribution in [2.24, 2.45) is 0 Å². The highest BCUT2D eigenvalue weighted by molar-refractivity contribution is 5.89. The zero-order chi connectivity index (χ0) is 20.9. The zero-order valence-electron chi connectivity index (χ0n) is 16.1. The molecule has 29 heavy (non-hydrogen) atoms. The van der Waals surface area contributed by atoms with Crippen LogP contribution in [0, 0.1) is 0 Å². The van der Waals surface area contributed by atoms with Gasteiger partial charge in [-0.2, -0.15) is 13.2 Å². The predicted molar refractivity (Wildman–Crippen MR) is 105 cm³/mol. The molecule has 156 valence electrons. The first kappa shape index (κ1) is 21.1. The van der Waals surface area contributed by atoms with Crippen LogP contribution in [0.5, 0.6) is 0 Å². The standard InChI is InChI=1S/C21H24F3N3O2/c1-15(19(16-6-3-2-4-7-16)27-10-12-29-13-11-27)25-20(28)26-18-9-5-8-17(14-18)21(22,23)24/h2-9,14-15,19H,10-13H2,1H3,(H2,25,26,28)/t15-,19-/m1/s1. The second kappa shape index (κ2) is 9.28. The number of hydrogen-bond donors (Lipinski definition) is 2. The molecule has 1 aliphatic heterocycles. The maximum atomic E-state index is 12.9. The number of urea groups is 1. The van der Waals surface area contributed by atoms with E-state index in [-0.39, 0.29) is 17.8 Å². The number of benzene rings is 2. The van der Waals surface area contributed by atoms with Gasteiger partial charge in [0.2, 0.25) is 0 Å². The third-order valence-electron chi connectivity index (χ3n) is 4.86. The van der Waals surface area contributed by atoms with Gasteiger partial charge in [-0.25, -0.2) is 4.79 Å². The van der Waals surface area contributed by atoms with Crippen LogP contribution in [0.3, 0.4) is 0 Å². The fourth-order valence-electron chi connectivity index (χ4n) is 3.55. The van der Waals surface area contributed by atoms with Crippen LogP contribution in [0.15, 0.2) is 54.6 Å². The molecule has 2 amide bonds. The zero-order valence-corrected chi connectivity index (χ0v) is 16.1. The van der Waals surface area contributed by atoms with Gasteiger partial charge in [-0.05, 0) is 30.7 Å². The Labute approximate surface area is 167 Å². The molecule has 0 aliphatic carbocycles. The molecule has 1 fully saturated rings. The monoisotopic (exact) mass is 407 g/mol. The number of carbonyl (C=O) groups is 1. The number of amides is 2. The summed E-state index contributed by atoms with van der Waals surface area (Å²) in [5, 5.41) is 5.37. The van der Waals surface area contributed by atoms with Crippen LogP contribution in [-0.2, 0) is 10.9 Å². The summed E-state index contributed by atoms with van der Waals surface area (Å²) in [5.74, 6) is 0. The van der Waals surface area contributed by atoms with E-state index >= 15 is 0 Å². The minimum atomic E-state index is -4.46. The van der Waals surface area contributed by atoms with Crippen LogP contribution >= 0.6 is 0 Å². The highest BCUT2D eigenvalue weighted by Gasteiger charge is 2.31. The molecule has 3 rings (SSSR count). The smallest absolute Gasteiger partial charge is 0.379 e. The fraction of sp³-hybridized carbons (Fsp3) is 0.381. The molecule has 0 unspecified atom stereocenters. The first-order valence-electron chi connectivity index (χ1n) is 9.46. The molecule has 8 heteroatoms. The Balaban J connectivity index is 1.70. The van der Waals surface area contributed by atoms with Gasteiger partial charge in [0.1, 0.15) is 0 Å². The molecule has 1 aliphatic rings. The number of anilines is 1. The third-order valence-corrected chi connectivity index (χ3v) is 4.86. The second-order valence-electron chi connectivity index (χ2n) is 6.97. The highest BCUT2D eigenvalue weighted by Crippen LogP contribution is 2.31. The van der Waals surface area contributed by atoms with Crippen molar-refractivity contribution in [1.82, 2.24) is 10.2 Å². The summed E-state index contributed by atoms with van der Waals surface area (Å²) in [6.45, 7) is 4.60. The Hall–Kier alpha value is -2.58. The first-order chi connectivity index (χ1) is 13.8. The maximum absolute atomic E-state index is 12.9. The van der Waals surface area contributed by atoms with Gasteiger partial charge >= 0.3 is 12.2 Å². The normalized spacial score (nSPS) is 17.4. The quantitative estimate of drug-likeness (QED) is 0.778. The van der Waals surface area contributed by atoms with Gasteiger partial charge in [0, 0.05) is 24.8 Å². The molecule has 0 spiro atoms. The van der Waals surface area contributed by atoms with Gasteiger partial charge in [0.05, 0.1) is 24.8 Å². The van der Waals surface area contributed by atoms with Crippen LogP contribution in [0.2, 0.25) is 0 Å². The van der Waals surface area contributed by atoms with Gasteiger partial charge in [-0.15, -0.1) is 0 Å². The lowest BCUT2D eigenvalue weighted by molar-refractivity contribution is -0.137. The van der Waals surface area contributed by atoms with E-state index in [1.165, 1.54) is 12.1 Å². The largest absolute Gasteiger partial charge is 0.416 e. The highest BCUT2D eigenvalue weighted by atomic mass is 19.4. The number of nitrogens with zero attached hydrogens (tertiary/aromatic N) is 1. The van der Waals surface area contributed by atoms with Crippen molar-refractivity contribution in [2.75, 3.05) is 31.6 Å². The lowest BCUT2D eigenvalue weighted by Gasteiger charge is -2.38. The summed E-state index contributed by atoms with van der Waals surface area (Å²) >= 11 is 0. The SMILES string of the molecule is C[C@@H](NC(=O)Nc1cccc(C(F)(F)F)c1)[C@H](c1ccccc1)N1CCOCC1. The summed E-state index contributed by atoms with van der Waals surface area (Å²) in [6.07, 6.45) is -4.46. The Morgan fingerprint density at radius 3 is 2.41 bits per heavy atom. The lowest BCUT2D eigenvalue weighted by Crippen LogP contribution is -2.49. The van der Waals surface area contributed by atoms with Gasteiger partial charge in [0.15, 0.2) is 0 Å². The first-order valence-corrected chi connectivity index (χ1v) is 9.46. The van der Waals surface area contributed by atoms with Crippen LogP contribution in [0.4, 0.5) is 23.7 Å². The molecule has 2 atom stereocenters. The predicted octanol–water partition coefficient (Wildman–Crippen LogP) is 4.29. The van der Waals surface area contributed by atoms with Crippen molar-refractivity contribution in [1.29, 1.82) is 0 Å². The number of nitrogens with one attached hydrogen (secondary N) is 2. The number of alkyl halides is 3. The lowest BCUT2D eigenvalue weighted by atomic mass is 9.98. The Morgan fingerprint density at radius 1 is 1.07 bits per heavy atom. The van der Waals surface area contributed by atoms with Crippen molar-refractivity contribution in [3.05, 3.63) is 65.7 Å². The molecule has 0 aromatic heterocycles. The van der Waals surface area contributed by atoms with Crippen molar-refractivity contribution in [2.45, 2.75) is 25.2 Å². The summed E-state index contributed by atoms with van der Waals surface area (Å²) in [5.41, 5.74) is 0.340. The second-order valence-corrected chi connectivity index (χ2v) is 6.97. The van der Waals surface area contributed by atoms with E-state index in [0.29, 0.717) is 13.2 Å². The van der Waals surface area contributed by atoms with Gasteiger partial charge < -0.3 is 15.4 Å². The molecule has 0 bridgehead atoms. The molecule has 5 nitrogen and oxygen atoms in total. The van der Waals surface area contributed by atoms with E-state index in [1.54, 1.807) is 0 Å². The van der Waals surface area contributed by atoms with E-state index in [4.69, 9.17) is 4.74 Å². The topological polar surface area (TPSA) is 53.6 Å². The average molecular weight is 407 g/mol. The van der Waals surface area contributed by atoms with Crippen molar-refractivity contribution in [3.63, 3.8) is 0 Å². The van der Waals surface area contributed by atoms with E-state index in [1.807, 2.05) is 37.3 Å². The average Bonchev–Trinajstić information content (AvgIpc) is 2.69. The molecule has 2 N–H and O–H groups in total. The summed E-state index contributed by atoms with van der Waals surface area (Å²) in [6, 6.07) is 13.5. The number of hydrogen-bond acceptors (Lipinski definition) is 3. The Bertz CT molecular complexity index is 808. The number of carbonyl (C=O) groups excluding carboxylic acids is 1. The fourth-order valence-corrected chi connectivity index (χ4v) is 3.55. The molecule has 2 aromatic carbocycles. The van der Waals surface area contributed by atoms with E-state index in [2.05, 4.69) is 15.5 Å². The van der Waals surface area contributed by atoms with Crippen molar-refractivity contribution >= 4 is 11.7 Å².